The van der Waals surface area contributed by atoms with Crippen molar-refractivity contribution >= 4 is 29.0 Å². The van der Waals surface area contributed by atoms with Crippen molar-refractivity contribution in [1.82, 2.24) is 34.4 Å². The third-order valence-corrected chi connectivity index (χ3v) is 7.07. The minimum atomic E-state index is -0.519. The van der Waals surface area contributed by atoms with Crippen LogP contribution in [-0.4, -0.2) is 76.8 Å². The highest BCUT2D eigenvalue weighted by Crippen LogP contribution is 2.27. The molecular weight excluding hydrogens is 484 g/mol. The van der Waals surface area contributed by atoms with Crippen molar-refractivity contribution in [2.75, 3.05) is 13.1 Å². The molecule has 1 saturated heterocycles. The molecule has 13 heteroatoms. The Kier molecular flexibility index (Phi) is 5.45. The highest BCUT2D eigenvalue weighted by atomic mass is 32.1. The van der Waals surface area contributed by atoms with Gasteiger partial charge >= 0.3 is 5.69 Å². The summed E-state index contributed by atoms with van der Waals surface area (Å²) in [6.07, 6.45) is 5.12. The number of hydrogen-bond donors (Lipinski definition) is 3. The van der Waals surface area contributed by atoms with Crippen LogP contribution in [0.5, 0.6) is 5.88 Å². The largest absolute Gasteiger partial charge is 0.493 e. The Labute approximate surface area is 208 Å². The SMILES string of the molecule is CC1CN(C(=O)c2ccc(-c3nc(=NC4CC4)n4ncc(=Cc5[nH]c(=O)[nH]c5O)c4n3)s2)CC(C)O1. The maximum Gasteiger partial charge on any atom is 0.326 e. The lowest BCUT2D eigenvalue weighted by atomic mass is 10.2. The molecule has 1 aliphatic carbocycles. The fourth-order valence-electron chi connectivity index (χ4n) is 4.26. The Hall–Kier alpha value is -3.84. The highest BCUT2D eigenvalue weighted by molar-refractivity contribution is 7.17. The number of nitrogens with zero attached hydrogens (tertiary/aromatic N) is 6. The van der Waals surface area contributed by atoms with Gasteiger partial charge in [-0.3, -0.25) is 9.78 Å². The summed E-state index contributed by atoms with van der Waals surface area (Å²) in [5, 5.41) is 14.9. The lowest BCUT2D eigenvalue weighted by Crippen LogP contribution is -2.48. The maximum atomic E-state index is 13.2. The van der Waals surface area contributed by atoms with Gasteiger partial charge in [-0.05, 0) is 44.9 Å². The number of nitrogens with one attached hydrogen (secondary N) is 2. The van der Waals surface area contributed by atoms with Crippen LogP contribution in [0.4, 0.5) is 0 Å². The zero-order valence-corrected chi connectivity index (χ0v) is 20.4. The smallest absolute Gasteiger partial charge is 0.326 e. The van der Waals surface area contributed by atoms with Gasteiger partial charge in [0.05, 0.1) is 34.2 Å². The number of hydrogen-bond acceptors (Lipinski definition) is 9. The lowest BCUT2D eigenvalue weighted by Gasteiger charge is -2.35. The average Bonchev–Trinajstić information content (AvgIpc) is 3.22. The van der Waals surface area contributed by atoms with Crippen LogP contribution in [0.3, 0.4) is 0 Å². The van der Waals surface area contributed by atoms with Crippen molar-refractivity contribution in [2.45, 2.75) is 44.9 Å². The van der Waals surface area contributed by atoms with Gasteiger partial charge in [-0.15, -0.1) is 11.3 Å². The number of amides is 1. The molecule has 2 fully saturated rings. The van der Waals surface area contributed by atoms with Gasteiger partial charge < -0.3 is 19.7 Å². The molecular formula is C23H24N8O4S. The molecule has 1 amide bonds. The summed E-state index contributed by atoms with van der Waals surface area (Å²) in [6, 6.07) is 3.83. The molecule has 6 rings (SSSR count). The first-order chi connectivity index (χ1) is 17.3. The summed E-state index contributed by atoms with van der Waals surface area (Å²) in [7, 11) is 0. The first kappa shape index (κ1) is 22.6. The van der Waals surface area contributed by atoms with E-state index in [-0.39, 0.29) is 35.7 Å². The first-order valence-corrected chi connectivity index (χ1v) is 12.5. The fourth-order valence-corrected chi connectivity index (χ4v) is 5.17. The molecule has 2 atom stereocenters. The molecule has 0 aromatic carbocycles. The fraction of sp³-hybridized carbons (Fsp3) is 0.391. The van der Waals surface area contributed by atoms with E-state index in [1.54, 1.807) is 22.9 Å². The summed E-state index contributed by atoms with van der Waals surface area (Å²) in [5.41, 5.74) is 0.586. The van der Waals surface area contributed by atoms with Gasteiger partial charge in [-0.2, -0.15) is 14.6 Å². The zero-order chi connectivity index (χ0) is 25.0. The summed E-state index contributed by atoms with van der Waals surface area (Å²) >= 11 is 1.33. The van der Waals surface area contributed by atoms with Crippen LogP contribution in [-0.2, 0) is 4.74 Å². The van der Waals surface area contributed by atoms with Crippen LogP contribution in [0.1, 0.15) is 42.1 Å². The molecule has 1 saturated carbocycles. The van der Waals surface area contributed by atoms with E-state index < -0.39 is 5.69 Å². The molecule has 1 aliphatic heterocycles. The lowest BCUT2D eigenvalue weighted by molar-refractivity contribution is -0.0585. The number of morpholine rings is 1. The Bertz CT molecular complexity index is 1640. The third-order valence-electron chi connectivity index (χ3n) is 6.00. The van der Waals surface area contributed by atoms with Crippen LogP contribution < -0.4 is 16.5 Å². The molecule has 12 nitrogen and oxygen atoms in total. The zero-order valence-electron chi connectivity index (χ0n) is 19.6. The molecule has 4 aromatic heterocycles. The van der Waals surface area contributed by atoms with Crippen LogP contribution in [0.15, 0.2) is 28.1 Å². The number of ether oxygens (including phenoxy) is 1. The maximum absolute atomic E-state index is 13.2. The summed E-state index contributed by atoms with van der Waals surface area (Å²) in [5.74, 6) is 0.115. The van der Waals surface area contributed by atoms with Gasteiger partial charge in [-0.25, -0.2) is 14.8 Å². The molecule has 3 N–H and O–H groups in total. The predicted octanol–water partition coefficient (Wildman–Crippen LogP) is 0.435. The van der Waals surface area contributed by atoms with E-state index in [4.69, 9.17) is 14.7 Å². The number of carbonyl (C=O) groups excluding carboxylic acids is 1. The molecule has 186 valence electrons. The molecule has 0 bridgehead atoms. The van der Waals surface area contributed by atoms with Gasteiger partial charge in [0, 0.05) is 18.3 Å². The quantitative estimate of drug-likeness (QED) is 0.361. The van der Waals surface area contributed by atoms with Crippen molar-refractivity contribution in [2.24, 2.45) is 4.99 Å². The van der Waals surface area contributed by atoms with Gasteiger partial charge in [-0.1, -0.05) is 0 Å². The second kappa shape index (κ2) is 8.68. The molecule has 5 heterocycles. The number of imidazole rings is 1. The minimum Gasteiger partial charge on any atom is -0.493 e. The summed E-state index contributed by atoms with van der Waals surface area (Å²) in [4.78, 5) is 46.8. The van der Waals surface area contributed by atoms with Crippen molar-refractivity contribution in [3.05, 3.63) is 50.2 Å². The van der Waals surface area contributed by atoms with E-state index in [1.165, 1.54) is 11.3 Å². The van der Waals surface area contributed by atoms with Crippen molar-refractivity contribution in [3.63, 3.8) is 0 Å². The Morgan fingerprint density at radius 2 is 2.00 bits per heavy atom. The van der Waals surface area contributed by atoms with E-state index in [0.717, 1.165) is 17.7 Å². The number of rotatable bonds is 4. The normalized spacial score (nSPS) is 21.6. The van der Waals surface area contributed by atoms with Gasteiger partial charge in [0.25, 0.3) is 5.91 Å². The summed E-state index contributed by atoms with van der Waals surface area (Å²) in [6.45, 7) is 5.03. The van der Waals surface area contributed by atoms with E-state index in [1.807, 2.05) is 24.8 Å². The van der Waals surface area contributed by atoms with Gasteiger partial charge in [0.15, 0.2) is 11.5 Å². The van der Waals surface area contributed by atoms with Crippen molar-refractivity contribution in [1.29, 1.82) is 0 Å². The second-order valence-corrected chi connectivity index (χ2v) is 10.2. The number of H-pyrrole nitrogens is 2. The number of aromatic hydroxyl groups is 1. The first-order valence-electron chi connectivity index (χ1n) is 11.7. The summed E-state index contributed by atoms with van der Waals surface area (Å²) < 4.78 is 7.30. The average molecular weight is 509 g/mol. The molecule has 4 aromatic rings. The molecule has 2 unspecified atom stereocenters. The van der Waals surface area contributed by atoms with Crippen LogP contribution >= 0.6 is 11.3 Å². The Balaban J connectivity index is 1.42. The number of aromatic amines is 2. The monoisotopic (exact) mass is 508 g/mol. The molecule has 36 heavy (non-hydrogen) atoms. The van der Waals surface area contributed by atoms with E-state index in [0.29, 0.717) is 40.3 Å². The topological polar surface area (TPSA) is 154 Å². The number of fused-ring (bicyclic) bond motifs is 1. The number of aromatic nitrogens is 6. The highest BCUT2D eigenvalue weighted by Gasteiger charge is 2.28. The van der Waals surface area contributed by atoms with E-state index >= 15 is 0 Å². The van der Waals surface area contributed by atoms with E-state index in [2.05, 4.69) is 20.1 Å². The third kappa shape index (κ3) is 4.31. The second-order valence-electron chi connectivity index (χ2n) is 9.16. The van der Waals surface area contributed by atoms with Crippen LogP contribution in [0.2, 0.25) is 0 Å². The van der Waals surface area contributed by atoms with Crippen molar-refractivity contribution in [3.8, 4) is 16.6 Å². The molecule has 0 radical (unpaired) electrons. The Morgan fingerprint density at radius 1 is 1.22 bits per heavy atom. The van der Waals surface area contributed by atoms with Gasteiger partial charge in [0.2, 0.25) is 11.5 Å². The minimum absolute atomic E-state index is 0.0135. The standard InChI is InChI=1S/C23H24N8O4S/c1-11-9-30(10-12(2)35-11)21(33)17-6-5-16(36-17)18-27-19-13(7-15-20(32)29-23(34)26-15)8-24-31(19)22(28-18)25-14-3-4-14/h5-8,11-12,14,32H,3-4,9-10H2,1-2H3,(H2,26,29,34). The van der Waals surface area contributed by atoms with E-state index in [9.17, 15) is 14.7 Å². The number of carbonyl (C=O) groups is 1. The Morgan fingerprint density at radius 3 is 2.69 bits per heavy atom. The van der Waals surface area contributed by atoms with Crippen LogP contribution in [0.25, 0.3) is 22.4 Å². The van der Waals surface area contributed by atoms with Crippen LogP contribution in [0, 0.1) is 0 Å². The predicted molar refractivity (Wildman–Crippen MR) is 130 cm³/mol. The number of thiophene rings is 1. The molecule has 0 spiro atoms. The molecule has 2 aliphatic rings. The van der Waals surface area contributed by atoms with Gasteiger partial charge in [0.1, 0.15) is 5.69 Å². The van der Waals surface area contributed by atoms with Crippen molar-refractivity contribution < 1.29 is 14.6 Å².